The van der Waals surface area contributed by atoms with Crippen molar-refractivity contribution in [2.24, 2.45) is 0 Å². The molecule has 0 radical (unpaired) electrons. The minimum absolute atomic E-state index is 0.108. The summed E-state index contributed by atoms with van der Waals surface area (Å²) in [7, 11) is 0. The van der Waals surface area contributed by atoms with Crippen LogP contribution < -0.4 is 0 Å². The van der Waals surface area contributed by atoms with Gasteiger partial charge in [0.2, 0.25) is 0 Å². The first-order chi connectivity index (χ1) is 13.4. The van der Waals surface area contributed by atoms with E-state index in [1.54, 1.807) is 0 Å². The van der Waals surface area contributed by atoms with Crippen LogP contribution in [-0.2, 0) is 24.7 Å². The van der Waals surface area contributed by atoms with Crippen LogP contribution in [0.5, 0.6) is 5.75 Å². The molecule has 4 rings (SSSR count). The minimum atomic E-state index is -0.108. The smallest absolute Gasteiger partial charge is 0.119 e. The molecule has 0 spiro atoms. The molecule has 0 amide bonds. The maximum atomic E-state index is 10.8. The van der Waals surface area contributed by atoms with Crippen LogP contribution in [0.25, 0.3) is 10.8 Å². The fourth-order valence-electron chi connectivity index (χ4n) is 5.15. The van der Waals surface area contributed by atoms with Crippen molar-refractivity contribution in [3.8, 4) is 5.75 Å². The van der Waals surface area contributed by atoms with Gasteiger partial charge in [0.05, 0.1) is 0 Å². The van der Waals surface area contributed by atoms with Crippen LogP contribution >= 0.6 is 0 Å². The van der Waals surface area contributed by atoms with Gasteiger partial charge in [0.25, 0.3) is 0 Å². The average Bonchev–Trinajstić information content (AvgIpc) is 2.66. The Morgan fingerprint density at radius 2 is 1.71 bits per heavy atom. The number of phenols is 1. The molecule has 146 valence electrons. The molecule has 1 aliphatic rings. The molecule has 0 aliphatic heterocycles. The second kappa shape index (κ2) is 7.28. The van der Waals surface area contributed by atoms with Crippen LogP contribution in [0.2, 0.25) is 0 Å². The lowest BCUT2D eigenvalue weighted by atomic mass is 9.73. The van der Waals surface area contributed by atoms with E-state index < -0.39 is 0 Å². The molecule has 0 saturated carbocycles. The van der Waals surface area contributed by atoms with Crippen LogP contribution in [0.4, 0.5) is 0 Å². The van der Waals surface area contributed by atoms with Gasteiger partial charge >= 0.3 is 0 Å². The van der Waals surface area contributed by atoms with Gasteiger partial charge in [0, 0.05) is 5.56 Å². The van der Waals surface area contributed by atoms with Gasteiger partial charge in [0.1, 0.15) is 5.75 Å². The van der Waals surface area contributed by atoms with Crippen molar-refractivity contribution >= 4 is 10.8 Å². The van der Waals surface area contributed by atoms with E-state index in [0.29, 0.717) is 11.7 Å². The zero-order valence-corrected chi connectivity index (χ0v) is 17.7. The molecule has 1 nitrogen and oxygen atoms in total. The predicted octanol–water partition coefficient (Wildman–Crippen LogP) is 7.07. The first-order valence-electron chi connectivity index (χ1n) is 10.7. The van der Waals surface area contributed by atoms with Crippen LogP contribution in [0.3, 0.4) is 0 Å². The molecule has 3 aromatic carbocycles. The molecule has 0 bridgehead atoms. The van der Waals surface area contributed by atoms with E-state index in [0.717, 1.165) is 19.3 Å². The Bertz CT molecular complexity index is 1010. The topological polar surface area (TPSA) is 20.2 Å². The lowest BCUT2D eigenvalue weighted by molar-refractivity contribution is 0.427. The number of hydrogen-bond donors (Lipinski definition) is 1. The highest BCUT2D eigenvalue weighted by Gasteiger charge is 2.30. The largest absolute Gasteiger partial charge is 0.508 e. The van der Waals surface area contributed by atoms with Crippen molar-refractivity contribution in [3.05, 3.63) is 76.3 Å². The number of aryl methyl sites for hydroxylation is 1. The fraction of sp³-hybridized carbons (Fsp3) is 0.407. The van der Waals surface area contributed by atoms with E-state index in [1.165, 1.54) is 51.4 Å². The van der Waals surface area contributed by atoms with Crippen LogP contribution in [0.15, 0.2) is 48.5 Å². The third-order valence-corrected chi connectivity index (χ3v) is 6.41. The highest BCUT2D eigenvalue weighted by molar-refractivity contribution is 5.87. The highest BCUT2D eigenvalue weighted by Crippen LogP contribution is 2.41. The summed E-state index contributed by atoms with van der Waals surface area (Å²) in [4.78, 5) is 0. The van der Waals surface area contributed by atoms with Crippen molar-refractivity contribution in [1.29, 1.82) is 0 Å². The van der Waals surface area contributed by atoms with Gasteiger partial charge in [0.15, 0.2) is 0 Å². The third-order valence-electron chi connectivity index (χ3n) is 6.41. The van der Waals surface area contributed by atoms with Gasteiger partial charge in [-0.2, -0.15) is 0 Å². The maximum Gasteiger partial charge on any atom is 0.119 e. The lowest BCUT2D eigenvalue weighted by Gasteiger charge is -2.32. The molecule has 0 unspecified atom stereocenters. The fourth-order valence-corrected chi connectivity index (χ4v) is 5.15. The summed E-state index contributed by atoms with van der Waals surface area (Å²) in [5.74, 6) is 0.960. The maximum absolute atomic E-state index is 10.8. The van der Waals surface area contributed by atoms with E-state index >= 15 is 0 Å². The second-order valence-electron chi connectivity index (χ2n) is 9.43. The Balaban J connectivity index is 1.79. The standard InChI is InChI=1S/C27H32O/c1-18(2)24-16-19(15-21-10-6-7-11-22(21)24)17-27(3,4)26-23-12-8-5-9-20(23)13-14-25(26)28/h6-7,10-11,13-16,18,28H,5,8-9,12,17H2,1-4H3. The zero-order chi connectivity index (χ0) is 19.9. The molecule has 0 saturated heterocycles. The zero-order valence-electron chi connectivity index (χ0n) is 17.7. The number of benzene rings is 3. The summed E-state index contributed by atoms with van der Waals surface area (Å²) in [6.07, 6.45) is 5.66. The summed E-state index contributed by atoms with van der Waals surface area (Å²) in [5, 5.41) is 13.5. The van der Waals surface area contributed by atoms with Crippen molar-refractivity contribution in [1.82, 2.24) is 0 Å². The van der Waals surface area contributed by atoms with Gasteiger partial charge in [-0.15, -0.1) is 0 Å². The first-order valence-corrected chi connectivity index (χ1v) is 10.7. The third kappa shape index (κ3) is 3.43. The van der Waals surface area contributed by atoms with E-state index in [4.69, 9.17) is 0 Å². The lowest BCUT2D eigenvalue weighted by Crippen LogP contribution is -2.24. The van der Waals surface area contributed by atoms with E-state index in [9.17, 15) is 5.11 Å². The predicted molar refractivity (Wildman–Crippen MR) is 120 cm³/mol. The Labute approximate surface area is 169 Å². The number of fused-ring (bicyclic) bond motifs is 2. The molecule has 0 aromatic heterocycles. The van der Waals surface area contributed by atoms with Crippen LogP contribution in [0, 0.1) is 0 Å². The number of aromatic hydroxyl groups is 1. The Kier molecular flexibility index (Phi) is 4.95. The number of phenolic OH excluding ortho intramolecular Hbond substituents is 1. The van der Waals surface area contributed by atoms with Crippen LogP contribution in [0.1, 0.15) is 74.3 Å². The van der Waals surface area contributed by atoms with Gasteiger partial charge in [-0.3, -0.25) is 0 Å². The van der Waals surface area contributed by atoms with Gasteiger partial charge in [-0.05, 0) is 82.5 Å². The van der Waals surface area contributed by atoms with Crippen molar-refractivity contribution in [3.63, 3.8) is 0 Å². The Hall–Kier alpha value is -2.28. The SMILES string of the molecule is CC(C)c1cc(CC(C)(C)c2c(O)ccc3c2CCCC3)cc2ccccc12. The monoisotopic (exact) mass is 372 g/mol. The minimum Gasteiger partial charge on any atom is -0.508 e. The van der Waals surface area contributed by atoms with Crippen molar-refractivity contribution in [2.45, 2.75) is 71.1 Å². The molecule has 0 fully saturated rings. The van der Waals surface area contributed by atoms with Gasteiger partial charge in [-0.25, -0.2) is 0 Å². The van der Waals surface area contributed by atoms with E-state index in [2.05, 4.69) is 70.2 Å². The molecular formula is C27H32O. The molecule has 1 aliphatic carbocycles. The Morgan fingerprint density at radius 1 is 0.964 bits per heavy atom. The highest BCUT2D eigenvalue weighted by atomic mass is 16.3. The van der Waals surface area contributed by atoms with Crippen molar-refractivity contribution in [2.75, 3.05) is 0 Å². The normalized spacial score (nSPS) is 14.5. The molecule has 28 heavy (non-hydrogen) atoms. The van der Waals surface area contributed by atoms with Gasteiger partial charge < -0.3 is 5.11 Å². The summed E-state index contributed by atoms with van der Waals surface area (Å²) < 4.78 is 0. The van der Waals surface area contributed by atoms with E-state index in [-0.39, 0.29) is 5.41 Å². The van der Waals surface area contributed by atoms with Crippen LogP contribution in [-0.4, -0.2) is 5.11 Å². The number of hydrogen-bond acceptors (Lipinski definition) is 1. The second-order valence-corrected chi connectivity index (χ2v) is 9.43. The molecule has 1 N–H and O–H groups in total. The molecule has 1 heteroatoms. The number of rotatable bonds is 4. The summed E-state index contributed by atoms with van der Waals surface area (Å²) >= 11 is 0. The van der Waals surface area contributed by atoms with Crippen molar-refractivity contribution < 1.29 is 5.11 Å². The molecule has 0 heterocycles. The summed E-state index contributed by atoms with van der Waals surface area (Å²) in [5.41, 5.74) is 6.69. The first kappa shape index (κ1) is 19.1. The molecule has 3 aromatic rings. The van der Waals surface area contributed by atoms with E-state index in [1.807, 2.05) is 6.07 Å². The van der Waals surface area contributed by atoms with Gasteiger partial charge in [-0.1, -0.05) is 70.2 Å². The molecular weight excluding hydrogens is 340 g/mol. The quantitative estimate of drug-likeness (QED) is 0.519. The molecule has 0 atom stereocenters. The Morgan fingerprint density at radius 3 is 2.50 bits per heavy atom. The summed E-state index contributed by atoms with van der Waals surface area (Å²) in [6.45, 7) is 9.13. The summed E-state index contributed by atoms with van der Waals surface area (Å²) in [6, 6.07) is 17.5. The average molecular weight is 373 g/mol.